The standard InChI is InChI=1S/C36H49N3O9/c1-35(2,3)47-30(40)20-19-28(31(41)38-29(32(42)45-7)18-12-13-21-37-33(43)48-36(4,5)6)39-34(44)46-22-27-25-16-10-8-14-23(25)24-15-9-11-17-26(24)27/h8-11,14-17,27-29H,12-13,18-22H2,1-7H3,(H,37,43)(H,38,41)(H,39,44)/t28-,29-/m1/s1. The molecule has 2 aromatic rings. The highest BCUT2D eigenvalue weighted by Crippen LogP contribution is 2.44. The van der Waals surface area contributed by atoms with E-state index in [-0.39, 0.29) is 31.8 Å². The highest BCUT2D eigenvalue weighted by atomic mass is 16.6. The molecule has 1 aliphatic rings. The van der Waals surface area contributed by atoms with Gasteiger partial charge in [0.25, 0.3) is 0 Å². The van der Waals surface area contributed by atoms with Crippen molar-refractivity contribution in [2.24, 2.45) is 0 Å². The average molecular weight is 668 g/mol. The second-order valence-corrected chi connectivity index (χ2v) is 13.7. The normalized spacial score (nSPS) is 13.6. The lowest BCUT2D eigenvalue weighted by Gasteiger charge is -2.24. The number of unbranched alkanes of at least 4 members (excludes halogenated alkanes) is 1. The SMILES string of the molecule is COC(=O)[C@@H](CCCCNC(=O)OC(C)(C)C)NC(=O)[C@@H](CCC(=O)OC(C)(C)C)NC(=O)OCC1c2ccccc2-c2ccccc21. The summed E-state index contributed by atoms with van der Waals surface area (Å²) in [6.45, 7) is 10.8. The van der Waals surface area contributed by atoms with E-state index in [9.17, 15) is 24.0 Å². The fourth-order valence-corrected chi connectivity index (χ4v) is 5.35. The van der Waals surface area contributed by atoms with Crippen molar-refractivity contribution in [3.05, 3.63) is 59.7 Å². The van der Waals surface area contributed by atoms with Crippen LogP contribution in [0.15, 0.2) is 48.5 Å². The van der Waals surface area contributed by atoms with Crippen LogP contribution in [0.2, 0.25) is 0 Å². The molecule has 0 saturated heterocycles. The molecule has 2 aromatic carbocycles. The van der Waals surface area contributed by atoms with E-state index >= 15 is 0 Å². The van der Waals surface area contributed by atoms with Crippen LogP contribution in [0.5, 0.6) is 0 Å². The van der Waals surface area contributed by atoms with Crippen LogP contribution in [0.4, 0.5) is 9.59 Å². The summed E-state index contributed by atoms with van der Waals surface area (Å²) in [5, 5.41) is 7.89. The molecule has 3 N–H and O–H groups in total. The first kappa shape index (κ1) is 37.8. The number of nitrogens with one attached hydrogen (secondary N) is 3. The zero-order valence-corrected chi connectivity index (χ0v) is 29.0. The molecule has 0 spiro atoms. The van der Waals surface area contributed by atoms with E-state index < -0.39 is 53.3 Å². The summed E-state index contributed by atoms with van der Waals surface area (Å²) in [6, 6.07) is 13.6. The maximum atomic E-state index is 13.5. The van der Waals surface area contributed by atoms with Crippen LogP contribution in [-0.2, 0) is 33.3 Å². The Morgan fingerprint density at radius 2 is 1.31 bits per heavy atom. The number of methoxy groups -OCH3 is 1. The Labute approximate surface area is 282 Å². The van der Waals surface area contributed by atoms with Gasteiger partial charge in [-0.25, -0.2) is 14.4 Å². The predicted molar refractivity (Wildman–Crippen MR) is 179 cm³/mol. The maximum Gasteiger partial charge on any atom is 0.407 e. The Balaban J connectivity index is 1.64. The van der Waals surface area contributed by atoms with Gasteiger partial charge in [-0.2, -0.15) is 0 Å². The van der Waals surface area contributed by atoms with Crippen molar-refractivity contribution in [2.75, 3.05) is 20.3 Å². The minimum Gasteiger partial charge on any atom is -0.467 e. The Hall–Kier alpha value is -4.61. The third kappa shape index (κ3) is 11.9. The van der Waals surface area contributed by atoms with Gasteiger partial charge in [0.2, 0.25) is 5.91 Å². The van der Waals surface area contributed by atoms with E-state index in [2.05, 4.69) is 16.0 Å². The van der Waals surface area contributed by atoms with E-state index in [1.807, 2.05) is 48.5 Å². The zero-order chi connectivity index (χ0) is 35.5. The van der Waals surface area contributed by atoms with Crippen molar-refractivity contribution >= 4 is 30.0 Å². The number of hydrogen-bond donors (Lipinski definition) is 3. The fourth-order valence-electron chi connectivity index (χ4n) is 5.35. The highest BCUT2D eigenvalue weighted by molar-refractivity contribution is 5.90. The summed E-state index contributed by atoms with van der Waals surface area (Å²) in [6.07, 6.45) is -0.493. The summed E-state index contributed by atoms with van der Waals surface area (Å²) < 4.78 is 21.1. The van der Waals surface area contributed by atoms with E-state index in [1.54, 1.807) is 41.5 Å². The number of carbonyl (C=O) groups excluding carboxylic acids is 5. The van der Waals surface area contributed by atoms with Gasteiger partial charge in [-0.15, -0.1) is 0 Å². The quantitative estimate of drug-likeness (QED) is 0.137. The Kier molecular flexibility index (Phi) is 13.4. The van der Waals surface area contributed by atoms with Gasteiger partial charge in [0.05, 0.1) is 7.11 Å². The minimum atomic E-state index is -1.21. The van der Waals surface area contributed by atoms with Crippen LogP contribution in [0.3, 0.4) is 0 Å². The number of fused-ring (bicyclic) bond motifs is 3. The molecule has 3 rings (SSSR count). The molecule has 0 saturated carbocycles. The molecule has 1 aliphatic carbocycles. The molecule has 0 unspecified atom stereocenters. The smallest absolute Gasteiger partial charge is 0.407 e. The lowest BCUT2D eigenvalue weighted by atomic mass is 9.98. The van der Waals surface area contributed by atoms with Crippen molar-refractivity contribution in [1.29, 1.82) is 0 Å². The molecule has 262 valence electrons. The Morgan fingerprint density at radius 1 is 0.729 bits per heavy atom. The second-order valence-electron chi connectivity index (χ2n) is 13.7. The number of amides is 3. The topological polar surface area (TPSA) is 158 Å². The van der Waals surface area contributed by atoms with Crippen LogP contribution in [-0.4, -0.2) is 73.6 Å². The van der Waals surface area contributed by atoms with Crippen molar-refractivity contribution < 1.29 is 42.9 Å². The zero-order valence-electron chi connectivity index (χ0n) is 29.0. The number of carbonyl (C=O) groups is 5. The van der Waals surface area contributed by atoms with Crippen molar-refractivity contribution in [2.45, 2.75) is 103 Å². The molecule has 0 heterocycles. The third-order valence-corrected chi connectivity index (χ3v) is 7.40. The molecule has 12 heteroatoms. The molecule has 12 nitrogen and oxygen atoms in total. The number of alkyl carbamates (subject to hydrolysis) is 2. The predicted octanol–water partition coefficient (Wildman–Crippen LogP) is 5.37. The van der Waals surface area contributed by atoms with Crippen LogP contribution in [0.25, 0.3) is 11.1 Å². The molecule has 0 bridgehead atoms. The number of ether oxygens (including phenoxy) is 4. The summed E-state index contributed by atoms with van der Waals surface area (Å²) >= 11 is 0. The monoisotopic (exact) mass is 667 g/mol. The minimum absolute atomic E-state index is 0.0301. The number of hydrogen-bond acceptors (Lipinski definition) is 9. The number of esters is 2. The molecular formula is C36H49N3O9. The average Bonchev–Trinajstić information content (AvgIpc) is 3.32. The van der Waals surface area contributed by atoms with Gasteiger partial charge in [0.1, 0.15) is 29.9 Å². The second kappa shape index (κ2) is 17.0. The third-order valence-electron chi connectivity index (χ3n) is 7.40. The Bertz CT molecular complexity index is 1400. The van der Waals surface area contributed by atoms with E-state index in [0.717, 1.165) is 22.3 Å². The van der Waals surface area contributed by atoms with E-state index in [1.165, 1.54) is 7.11 Å². The van der Waals surface area contributed by atoms with Crippen molar-refractivity contribution in [1.82, 2.24) is 16.0 Å². The van der Waals surface area contributed by atoms with Crippen molar-refractivity contribution in [3.63, 3.8) is 0 Å². The van der Waals surface area contributed by atoms with E-state index in [4.69, 9.17) is 18.9 Å². The fraction of sp³-hybridized carbons (Fsp3) is 0.528. The molecule has 48 heavy (non-hydrogen) atoms. The number of benzene rings is 2. The van der Waals surface area contributed by atoms with Crippen molar-refractivity contribution in [3.8, 4) is 11.1 Å². The van der Waals surface area contributed by atoms with Crippen LogP contribution >= 0.6 is 0 Å². The lowest BCUT2D eigenvalue weighted by molar-refractivity contribution is -0.155. The van der Waals surface area contributed by atoms with E-state index in [0.29, 0.717) is 19.4 Å². The largest absolute Gasteiger partial charge is 0.467 e. The summed E-state index contributed by atoms with van der Waals surface area (Å²) in [4.78, 5) is 63.6. The van der Waals surface area contributed by atoms with Crippen LogP contribution in [0, 0.1) is 0 Å². The van der Waals surface area contributed by atoms with Gasteiger partial charge < -0.3 is 34.9 Å². The maximum absolute atomic E-state index is 13.5. The first-order valence-electron chi connectivity index (χ1n) is 16.3. The summed E-state index contributed by atoms with van der Waals surface area (Å²) in [7, 11) is 1.21. The highest BCUT2D eigenvalue weighted by Gasteiger charge is 2.31. The molecule has 0 radical (unpaired) electrons. The summed E-state index contributed by atoms with van der Waals surface area (Å²) in [5.41, 5.74) is 2.86. The Morgan fingerprint density at radius 3 is 1.88 bits per heavy atom. The first-order valence-corrected chi connectivity index (χ1v) is 16.3. The molecule has 2 atom stereocenters. The van der Waals surface area contributed by atoms with Gasteiger partial charge in [-0.3, -0.25) is 9.59 Å². The molecular weight excluding hydrogens is 618 g/mol. The van der Waals surface area contributed by atoms with Gasteiger partial charge >= 0.3 is 24.1 Å². The van der Waals surface area contributed by atoms with Gasteiger partial charge in [0, 0.05) is 18.9 Å². The molecule has 0 fully saturated rings. The van der Waals surface area contributed by atoms with Crippen LogP contribution < -0.4 is 16.0 Å². The number of rotatable bonds is 14. The lowest BCUT2D eigenvalue weighted by Crippen LogP contribution is -2.52. The molecule has 0 aliphatic heterocycles. The first-order chi connectivity index (χ1) is 22.6. The molecule has 3 amide bonds. The van der Waals surface area contributed by atoms with Crippen LogP contribution in [0.1, 0.15) is 90.7 Å². The van der Waals surface area contributed by atoms with Gasteiger partial charge in [-0.05, 0) is 89.5 Å². The van der Waals surface area contributed by atoms with Gasteiger partial charge in [0.15, 0.2) is 0 Å². The summed E-state index contributed by atoms with van der Waals surface area (Å²) in [5.74, 6) is -2.09. The molecule has 0 aromatic heterocycles. The van der Waals surface area contributed by atoms with Gasteiger partial charge in [-0.1, -0.05) is 48.5 Å².